The summed E-state index contributed by atoms with van der Waals surface area (Å²) in [7, 11) is 0. The minimum Gasteiger partial charge on any atom is -0.455 e. The van der Waals surface area contributed by atoms with E-state index in [1.807, 2.05) is 30.3 Å². The van der Waals surface area contributed by atoms with Crippen LogP contribution in [0.5, 0.6) is 0 Å². The van der Waals surface area contributed by atoms with Gasteiger partial charge in [0.25, 0.3) is 11.6 Å². The number of thioether (sulfide) groups is 1. The fraction of sp³-hybridized carbons (Fsp3) is 0.176. The molecule has 0 aromatic heterocycles. The van der Waals surface area contributed by atoms with Crippen molar-refractivity contribution in [3.63, 3.8) is 0 Å². The highest BCUT2D eigenvalue weighted by atomic mass is 32.2. The third-order valence-corrected chi connectivity index (χ3v) is 4.19. The van der Waals surface area contributed by atoms with Crippen molar-refractivity contribution in [1.82, 2.24) is 0 Å². The first-order valence-electron chi connectivity index (χ1n) is 7.38. The van der Waals surface area contributed by atoms with Gasteiger partial charge in [0.2, 0.25) is 0 Å². The Morgan fingerprint density at radius 2 is 1.80 bits per heavy atom. The average molecular weight is 360 g/mol. The van der Waals surface area contributed by atoms with E-state index in [-0.39, 0.29) is 5.69 Å². The molecule has 2 aromatic rings. The second-order valence-corrected chi connectivity index (χ2v) is 6.45. The van der Waals surface area contributed by atoms with Crippen LogP contribution in [0.25, 0.3) is 0 Å². The number of nitrogens with zero attached hydrogens (tertiary/aromatic N) is 1. The van der Waals surface area contributed by atoms with Crippen molar-refractivity contribution in [2.75, 3.05) is 11.9 Å². The minimum absolute atomic E-state index is 0.0730. The zero-order valence-corrected chi connectivity index (χ0v) is 14.2. The number of carbonyl (C=O) groups is 2. The summed E-state index contributed by atoms with van der Waals surface area (Å²) in [6.07, 6.45) is 0. The van der Waals surface area contributed by atoms with Gasteiger partial charge >= 0.3 is 5.97 Å². The molecule has 0 aliphatic carbocycles. The van der Waals surface area contributed by atoms with Crippen molar-refractivity contribution in [3.05, 3.63) is 64.7 Å². The number of nitro groups is 1. The van der Waals surface area contributed by atoms with Crippen LogP contribution in [0.2, 0.25) is 0 Å². The van der Waals surface area contributed by atoms with Gasteiger partial charge in [-0.3, -0.25) is 19.7 Å². The lowest BCUT2D eigenvalue weighted by Crippen LogP contribution is -2.24. The molecule has 0 bridgehead atoms. The first-order valence-corrected chi connectivity index (χ1v) is 8.26. The average Bonchev–Trinajstić information content (AvgIpc) is 2.61. The standard InChI is InChI=1S/C17H16N2O5S/c1-12(25-15-5-3-2-4-6-15)17(21)24-11-16(20)18-13-7-9-14(10-8-13)19(22)23/h2-10,12H,11H2,1H3,(H,18,20)/t12-/m1/s1. The van der Waals surface area contributed by atoms with E-state index in [2.05, 4.69) is 5.32 Å². The SMILES string of the molecule is C[C@@H](Sc1ccccc1)C(=O)OCC(=O)Nc1ccc([N+](=O)[O-])cc1. The quantitative estimate of drug-likeness (QED) is 0.352. The number of carbonyl (C=O) groups excluding carboxylic acids is 2. The molecule has 1 amide bonds. The third-order valence-electron chi connectivity index (χ3n) is 3.10. The summed E-state index contributed by atoms with van der Waals surface area (Å²) in [5.74, 6) is -1.01. The van der Waals surface area contributed by atoms with E-state index in [1.54, 1.807) is 6.92 Å². The predicted molar refractivity (Wildman–Crippen MR) is 94.4 cm³/mol. The van der Waals surface area contributed by atoms with E-state index in [9.17, 15) is 19.7 Å². The molecular formula is C17H16N2O5S. The van der Waals surface area contributed by atoms with Crippen LogP contribution in [0, 0.1) is 10.1 Å². The summed E-state index contributed by atoms with van der Waals surface area (Å²) >= 11 is 1.34. The molecule has 25 heavy (non-hydrogen) atoms. The zero-order valence-electron chi connectivity index (χ0n) is 13.4. The molecular weight excluding hydrogens is 344 g/mol. The Morgan fingerprint density at radius 3 is 2.40 bits per heavy atom. The molecule has 1 atom stereocenters. The van der Waals surface area contributed by atoms with Crippen molar-refractivity contribution in [3.8, 4) is 0 Å². The van der Waals surface area contributed by atoms with Gasteiger partial charge in [0.15, 0.2) is 6.61 Å². The van der Waals surface area contributed by atoms with Gasteiger partial charge in [-0.05, 0) is 31.2 Å². The van der Waals surface area contributed by atoms with Crippen LogP contribution in [0.4, 0.5) is 11.4 Å². The predicted octanol–water partition coefficient (Wildman–Crippen LogP) is 3.26. The molecule has 8 heteroatoms. The van der Waals surface area contributed by atoms with E-state index < -0.39 is 28.7 Å². The van der Waals surface area contributed by atoms with E-state index in [4.69, 9.17) is 4.74 Å². The lowest BCUT2D eigenvalue weighted by molar-refractivity contribution is -0.384. The molecule has 1 N–H and O–H groups in total. The van der Waals surface area contributed by atoms with Crippen LogP contribution in [-0.4, -0.2) is 28.7 Å². The monoisotopic (exact) mass is 360 g/mol. The molecule has 0 unspecified atom stereocenters. The number of anilines is 1. The lowest BCUT2D eigenvalue weighted by atomic mass is 10.3. The van der Waals surface area contributed by atoms with Crippen LogP contribution in [0.15, 0.2) is 59.5 Å². The summed E-state index contributed by atoms with van der Waals surface area (Å²) in [5, 5.41) is 12.6. The maximum absolute atomic E-state index is 11.9. The fourth-order valence-electron chi connectivity index (χ4n) is 1.87. The number of amides is 1. The molecule has 0 radical (unpaired) electrons. The number of nitro benzene ring substituents is 1. The molecule has 0 heterocycles. The van der Waals surface area contributed by atoms with Gasteiger partial charge in [0.1, 0.15) is 5.25 Å². The van der Waals surface area contributed by atoms with Gasteiger partial charge in [-0.2, -0.15) is 0 Å². The second kappa shape index (κ2) is 8.84. The summed E-state index contributed by atoms with van der Waals surface area (Å²) < 4.78 is 4.99. The lowest BCUT2D eigenvalue weighted by Gasteiger charge is -2.11. The van der Waals surface area contributed by atoms with Crippen LogP contribution < -0.4 is 5.32 Å². The molecule has 2 rings (SSSR count). The van der Waals surface area contributed by atoms with Crippen molar-refractivity contribution < 1.29 is 19.2 Å². The van der Waals surface area contributed by atoms with Crippen molar-refractivity contribution in [2.24, 2.45) is 0 Å². The maximum atomic E-state index is 11.9. The Kier molecular flexibility index (Phi) is 6.53. The Balaban J connectivity index is 1.78. The third kappa shape index (κ3) is 5.92. The molecule has 130 valence electrons. The summed E-state index contributed by atoms with van der Waals surface area (Å²) in [6.45, 7) is 1.28. The number of esters is 1. The number of non-ortho nitro benzene ring substituents is 1. The topological polar surface area (TPSA) is 98.5 Å². The van der Waals surface area contributed by atoms with Gasteiger partial charge in [-0.15, -0.1) is 11.8 Å². The Morgan fingerprint density at radius 1 is 1.16 bits per heavy atom. The molecule has 0 saturated carbocycles. The number of nitrogens with one attached hydrogen (secondary N) is 1. The molecule has 0 saturated heterocycles. The number of hydrogen-bond acceptors (Lipinski definition) is 6. The van der Waals surface area contributed by atoms with Crippen LogP contribution in [-0.2, 0) is 14.3 Å². The molecule has 0 aliphatic heterocycles. The summed E-state index contributed by atoms with van der Waals surface area (Å²) in [6, 6.07) is 14.8. The van der Waals surface area contributed by atoms with Crippen LogP contribution in [0.1, 0.15) is 6.92 Å². The minimum atomic E-state index is -0.529. The zero-order chi connectivity index (χ0) is 18.2. The summed E-state index contributed by atoms with van der Waals surface area (Å²) in [5.41, 5.74) is 0.314. The van der Waals surface area contributed by atoms with Crippen molar-refractivity contribution >= 4 is 35.0 Å². The summed E-state index contributed by atoms with van der Waals surface area (Å²) in [4.78, 5) is 34.7. The fourth-order valence-corrected chi connectivity index (χ4v) is 2.76. The molecule has 7 nitrogen and oxygen atoms in total. The molecule has 2 aromatic carbocycles. The van der Waals surface area contributed by atoms with Crippen molar-refractivity contribution in [1.29, 1.82) is 0 Å². The van der Waals surface area contributed by atoms with Gasteiger partial charge in [-0.25, -0.2) is 0 Å². The molecule has 0 aliphatic rings. The van der Waals surface area contributed by atoms with Gasteiger partial charge in [0, 0.05) is 22.7 Å². The largest absolute Gasteiger partial charge is 0.455 e. The van der Waals surface area contributed by atoms with E-state index in [0.29, 0.717) is 5.69 Å². The Labute approximate surface area is 148 Å². The number of hydrogen-bond donors (Lipinski definition) is 1. The highest BCUT2D eigenvalue weighted by molar-refractivity contribution is 8.00. The first-order chi connectivity index (χ1) is 12.0. The maximum Gasteiger partial charge on any atom is 0.319 e. The number of ether oxygens (including phenoxy) is 1. The van der Waals surface area contributed by atoms with Crippen LogP contribution in [0.3, 0.4) is 0 Å². The van der Waals surface area contributed by atoms with E-state index in [0.717, 1.165) is 4.90 Å². The Bertz CT molecular complexity index is 749. The normalized spacial score (nSPS) is 11.4. The highest BCUT2D eigenvalue weighted by Crippen LogP contribution is 2.23. The van der Waals surface area contributed by atoms with Crippen LogP contribution >= 0.6 is 11.8 Å². The van der Waals surface area contributed by atoms with E-state index in [1.165, 1.54) is 36.0 Å². The number of benzene rings is 2. The number of rotatable bonds is 7. The van der Waals surface area contributed by atoms with Gasteiger partial charge < -0.3 is 10.1 Å². The van der Waals surface area contributed by atoms with Gasteiger partial charge in [0.05, 0.1) is 4.92 Å². The highest BCUT2D eigenvalue weighted by Gasteiger charge is 2.17. The van der Waals surface area contributed by atoms with E-state index >= 15 is 0 Å². The first kappa shape index (κ1) is 18.5. The van der Waals surface area contributed by atoms with Crippen molar-refractivity contribution in [2.45, 2.75) is 17.1 Å². The molecule has 0 spiro atoms. The van der Waals surface area contributed by atoms with Gasteiger partial charge in [-0.1, -0.05) is 18.2 Å². The Hall–Kier alpha value is -2.87. The second-order valence-electron chi connectivity index (χ2n) is 5.03. The smallest absolute Gasteiger partial charge is 0.319 e. The molecule has 0 fully saturated rings.